The van der Waals surface area contributed by atoms with Crippen molar-refractivity contribution in [2.75, 3.05) is 0 Å². The average molecular weight is 198 g/mol. The fraction of sp³-hybridized carbons (Fsp3) is 0. The summed E-state index contributed by atoms with van der Waals surface area (Å²) in [5, 5.41) is 7.74. The molecule has 0 aliphatic carbocycles. The number of H-pyrrole nitrogens is 1. The highest BCUT2D eigenvalue weighted by molar-refractivity contribution is 6.36. The number of pyridine rings is 1. The van der Waals surface area contributed by atoms with Crippen molar-refractivity contribution in [1.29, 1.82) is 0 Å². The van der Waals surface area contributed by atoms with Gasteiger partial charge in [0.25, 0.3) is 5.56 Å². The molecule has 1 rings (SSSR count). The summed E-state index contributed by atoms with van der Waals surface area (Å²) in [6.07, 6.45) is 0. The molecule has 0 spiro atoms. The molecule has 1 aromatic rings. The maximum atomic E-state index is 12.4. The van der Waals surface area contributed by atoms with Crippen LogP contribution in [-0.4, -0.2) is 10.1 Å². The van der Waals surface area contributed by atoms with Gasteiger partial charge in [-0.1, -0.05) is 23.2 Å². The number of hydrogen-bond donors (Lipinski definition) is 2. The first-order valence-electron chi connectivity index (χ1n) is 2.49. The zero-order chi connectivity index (χ0) is 8.59. The molecule has 3 nitrogen and oxygen atoms in total. The maximum absolute atomic E-state index is 12.4. The Balaban J connectivity index is 3.59. The lowest BCUT2D eigenvalue weighted by Crippen LogP contribution is -2.08. The van der Waals surface area contributed by atoms with Gasteiger partial charge in [0, 0.05) is 0 Å². The minimum absolute atomic E-state index is 0.517. The van der Waals surface area contributed by atoms with Gasteiger partial charge in [-0.15, -0.1) is 0 Å². The van der Waals surface area contributed by atoms with Crippen LogP contribution in [0, 0.1) is 5.95 Å². The summed E-state index contributed by atoms with van der Waals surface area (Å²) >= 11 is 10.4. The Labute approximate surface area is 70.4 Å². The first-order valence-corrected chi connectivity index (χ1v) is 3.25. The summed E-state index contributed by atoms with van der Waals surface area (Å²) in [6, 6.07) is 0. The van der Waals surface area contributed by atoms with Crippen LogP contribution in [0.2, 0.25) is 10.0 Å². The van der Waals surface area contributed by atoms with Crippen LogP contribution in [0.15, 0.2) is 4.79 Å². The van der Waals surface area contributed by atoms with E-state index >= 15 is 0 Å². The lowest BCUT2D eigenvalue weighted by Gasteiger charge is -1.97. The molecule has 1 heterocycles. The lowest BCUT2D eigenvalue weighted by atomic mass is 10.4. The van der Waals surface area contributed by atoms with Gasteiger partial charge in [-0.3, -0.25) is 9.78 Å². The standard InChI is InChI=1S/C5H2Cl2FNO2/c6-1-3(10)2(7)5(11)9-4(1)8/h(H2,9,10,11). The Morgan fingerprint density at radius 3 is 2.45 bits per heavy atom. The smallest absolute Gasteiger partial charge is 0.272 e. The SMILES string of the molecule is O=c1[nH]c(F)c(Cl)c(O)c1Cl. The average Bonchev–Trinajstić information content (AvgIpc) is 1.97. The summed E-state index contributed by atoms with van der Waals surface area (Å²) in [5.41, 5.74) is -0.911. The zero-order valence-corrected chi connectivity index (χ0v) is 6.50. The van der Waals surface area contributed by atoms with Crippen LogP contribution in [-0.2, 0) is 0 Å². The number of rotatable bonds is 0. The van der Waals surface area contributed by atoms with Gasteiger partial charge >= 0.3 is 0 Å². The minimum Gasteiger partial charge on any atom is -0.505 e. The fourth-order valence-electron chi connectivity index (χ4n) is 0.517. The van der Waals surface area contributed by atoms with Gasteiger partial charge in [0.15, 0.2) is 5.75 Å². The summed E-state index contributed by atoms with van der Waals surface area (Å²) in [7, 11) is 0. The summed E-state index contributed by atoms with van der Waals surface area (Å²) in [4.78, 5) is 12.3. The van der Waals surface area contributed by atoms with Crippen molar-refractivity contribution in [3.8, 4) is 5.75 Å². The molecule has 2 N–H and O–H groups in total. The number of aromatic nitrogens is 1. The second-order valence-corrected chi connectivity index (χ2v) is 2.50. The van der Waals surface area contributed by atoms with Crippen LogP contribution in [0.3, 0.4) is 0 Å². The molecule has 0 saturated heterocycles. The van der Waals surface area contributed by atoms with Crippen LogP contribution in [0.1, 0.15) is 0 Å². The topological polar surface area (TPSA) is 53.1 Å². The predicted octanol–water partition coefficient (Wildman–Crippen LogP) is 1.53. The molecule has 0 bridgehead atoms. The maximum Gasteiger partial charge on any atom is 0.272 e. The van der Waals surface area contributed by atoms with Gasteiger partial charge < -0.3 is 5.11 Å². The van der Waals surface area contributed by atoms with E-state index in [2.05, 4.69) is 0 Å². The Morgan fingerprint density at radius 2 is 1.91 bits per heavy atom. The van der Waals surface area contributed by atoms with E-state index in [1.54, 1.807) is 4.98 Å². The first-order chi connectivity index (χ1) is 5.04. The van der Waals surface area contributed by atoms with Gasteiger partial charge in [0.2, 0.25) is 5.95 Å². The van der Waals surface area contributed by atoms with Crippen molar-refractivity contribution in [3.05, 3.63) is 26.3 Å². The molecule has 1 aromatic heterocycles. The Morgan fingerprint density at radius 1 is 1.36 bits per heavy atom. The molecular weight excluding hydrogens is 196 g/mol. The fourth-order valence-corrected chi connectivity index (χ4v) is 0.849. The normalized spacial score (nSPS) is 10.1. The van der Waals surface area contributed by atoms with Gasteiger partial charge in [-0.05, 0) is 0 Å². The van der Waals surface area contributed by atoms with E-state index < -0.39 is 27.3 Å². The lowest BCUT2D eigenvalue weighted by molar-refractivity contribution is 0.463. The number of aromatic hydroxyl groups is 1. The molecule has 60 valence electrons. The Kier molecular flexibility index (Phi) is 2.06. The highest BCUT2D eigenvalue weighted by atomic mass is 35.5. The molecule has 11 heavy (non-hydrogen) atoms. The zero-order valence-electron chi connectivity index (χ0n) is 4.99. The summed E-state index contributed by atoms with van der Waals surface area (Å²) < 4.78 is 12.4. The van der Waals surface area contributed by atoms with Crippen molar-refractivity contribution in [2.45, 2.75) is 0 Å². The predicted molar refractivity (Wildman–Crippen MR) is 38.7 cm³/mol. The molecule has 0 radical (unpaired) electrons. The van der Waals surface area contributed by atoms with Gasteiger partial charge in [0.05, 0.1) is 0 Å². The first kappa shape index (κ1) is 8.36. The second kappa shape index (κ2) is 2.71. The number of halogens is 3. The highest BCUT2D eigenvalue weighted by Crippen LogP contribution is 2.28. The largest absolute Gasteiger partial charge is 0.505 e. The number of hydrogen-bond acceptors (Lipinski definition) is 2. The van der Waals surface area contributed by atoms with Crippen LogP contribution in [0.5, 0.6) is 5.75 Å². The van der Waals surface area contributed by atoms with Crippen molar-refractivity contribution < 1.29 is 9.50 Å². The Bertz CT molecular complexity index is 349. The van der Waals surface area contributed by atoms with Gasteiger partial charge in [-0.25, -0.2) is 0 Å². The molecule has 0 aromatic carbocycles. The van der Waals surface area contributed by atoms with Crippen LogP contribution < -0.4 is 5.56 Å². The van der Waals surface area contributed by atoms with E-state index in [0.29, 0.717) is 0 Å². The van der Waals surface area contributed by atoms with E-state index in [1.807, 2.05) is 0 Å². The second-order valence-electron chi connectivity index (χ2n) is 1.74. The van der Waals surface area contributed by atoms with E-state index in [0.717, 1.165) is 0 Å². The van der Waals surface area contributed by atoms with E-state index in [1.165, 1.54) is 0 Å². The third-order valence-electron chi connectivity index (χ3n) is 1.03. The number of aromatic amines is 1. The van der Waals surface area contributed by atoms with Gasteiger partial charge in [-0.2, -0.15) is 4.39 Å². The third-order valence-corrected chi connectivity index (χ3v) is 1.73. The van der Waals surface area contributed by atoms with Crippen LogP contribution >= 0.6 is 23.2 Å². The molecular formula is C5H2Cl2FNO2. The van der Waals surface area contributed by atoms with Crippen molar-refractivity contribution in [3.63, 3.8) is 0 Å². The monoisotopic (exact) mass is 197 g/mol. The molecule has 0 amide bonds. The molecule has 0 unspecified atom stereocenters. The van der Waals surface area contributed by atoms with Gasteiger partial charge in [0.1, 0.15) is 10.0 Å². The van der Waals surface area contributed by atoms with Crippen molar-refractivity contribution in [2.24, 2.45) is 0 Å². The molecule has 0 atom stereocenters. The summed E-state index contributed by atoms with van der Waals surface area (Å²) in [5.74, 6) is -1.84. The van der Waals surface area contributed by atoms with Crippen LogP contribution in [0.4, 0.5) is 4.39 Å². The minimum atomic E-state index is -1.10. The van der Waals surface area contributed by atoms with E-state index in [4.69, 9.17) is 28.3 Å². The molecule has 0 saturated carbocycles. The quantitative estimate of drug-likeness (QED) is 0.621. The number of nitrogens with one attached hydrogen (secondary N) is 1. The molecule has 0 fully saturated rings. The third kappa shape index (κ3) is 1.32. The molecule has 0 aliphatic rings. The highest BCUT2D eigenvalue weighted by Gasteiger charge is 2.12. The molecule has 0 aliphatic heterocycles. The van der Waals surface area contributed by atoms with Crippen molar-refractivity contribution in [1.82, 2.24) is 4.98 Å². The molecule has 6 heteroatoms. The van der Waals surface area contributed by atoms with E-state index in [9.17, 15) is 9.18 Å². The van der Waals surface area contributed by atoms with Crippen LogP contribution in [0.25, 0.3) is 0 Å². The van der Waals surface area contributed by atoms with E-state index in [-0.39, 0.29) is 0 Å². The Hall–Kier alpha value is -0.740. The van der Waals surface area contributed by atoms with Crippen molar-refractivity contribution >= 4 is 23.2 Å². The summed E-state index contributed by atoms with van der Waals surface area (Å²) in [6.45, 7) is 0.